The summed E-state index contributed by atoms with van der Waals surface area (Å²) in [7, 11) is 3.40. The summed E-state index contributed by atoms with van der Waals surface area (Å²) in [6.07, 6.45) is 2.13. The van der Waals surface area contributed by atoms with Crippen molar-refractivity contribution in [2.45, 2.75) is 12.5 Å². The summed E-state index contributed by atoms with van der Waals surface area (Å²) >= 11 is 1.74. The Morgan fingerprint density at radius 1 is 1.00 bits per heavy atom. The Hall–Kier alpha value is -2.76. The number of nitrogens with one attached hydrogen (secondary N) is 1. The van der Waals surface area contributed by atoms with E-state index >= 15 is 0 Å². The summed E-state index contributed by atoms with van der Waals surface area (Å²) < 4.78 is 11.3. The molecule has 0 bridgehead atoms. The molecule has 1 atom stereocenters. The van der Waals surface area contributed by atoms with Gasteiger partial charge in [-0.05, 0) is 34.5 Å². The SMILES string of the molecule is COc1cccc([C@@H](C[NH2+]Cc2ccsc2)c2c[nH]c3ccccc23)c1OC. The van der Waals surface area contributed by atoms with E-state index in [-0.39, 0.29) is 5.92 Å². The van der Waals surface area contributed by atoms with Gasteiger partial charge in [-0.2, -0.15) is 11.3 Å². The van der Waals surface area contributed by atoms with Crippen molar-refractivity contribution in [2.75, 3.05) is 20.8 Å². The number of ether oxygens (including phenoxy) is 2. The van der Waals surface area contributed by atoms with E-state index < -0.39 is 0 Å². The molecular weight excluding hydrogens is 368 g/mol. The maximum absolute atomic E-state index is 5.76. The van der Waals surface area contributed by atoms with Crippen LogP contribution in [0.3, 0.4) is 0 Å². The zero-order valence-corrected chi connectivity index (χ0v) is 17.0. The largest absolute Gasteiger partial charge is 0.493 e. The van der Waals surface area contributed by atoms with E-state index in [0.717, 1.165) is 35.7 Å². The van der Waals surface area contributed by atoms with Crippen LogP contribution in [-0.4, -0.2) is 25.7 Å². The minimum Gasteiger partial charge on any atom is -0.493 e. The van der Waals surface area contributed by atoms with Gasteiger partial charge in [0.15, 0.2) is 11.5 Å². The number of hydrogen-bond acceptors (Lipinski definition) is 3. The van der Waals surface area contributed by atoms with Crippen molar-refractivity contribution in [3.05, 3.63) is 82.2 Å². The fourth-order valence-electron chi connectivity index (χ4n) is 3.82. The van der Waals surface area contributed by atoms with Crippen LogP contribution < -0.4 is 14.8 Å². The number of hydrogen-bond donors (Lipinski definition) is 2. The number of rotatable bonds is 8. The summed E-state index contributed by atoms with van der Waals surface area (Å²) in [5.74, 6) is 1.76. The van der Waals surface area contributed by atoms with E-state index in [4.69, 9.17) is 9.47 Å². The Balaban J connectivity index is 1.73. The molecule has 4 aromatic rings. The van der Waals surface area contributed by atoms with Gasteiger partial charge in [-0.3, -0.25) is 0 Å². The fourth-order valence-corrected chi connectivity index (χ4v) is 4.50. The van der Waals surface area contributed by atoms with Crippen molar-refractivity contribution in [1.82, 2.24) is 4.98 Å². The Morgan fingerprint density at radius 2 is 1.89 bits per heavy atom. The van der Waals surface area contributed by atoms with Crippen LogP contribution in [0.5, 0.6) is 11.5 Å². The van der Waals surface area contributed by atoms with Gasteiger partial charge >= 0.3 is 0 Å². The number of nitrogens with two attached hydrogens (primary N) is 1. The molecule has 0 aliphatic rings. The van der Waals surface area contributed by atoms with Crippen molar-refractivity contribution < 1.29 is 14.8 Å². The highest BCUT2D eigenvalue weighted by Crippen LogP contribution is 2.39. The first-order valence-electron chi connectivity index (χ1n) is 9.41. The van der Waals surface area contributed by atoms with Crippen LogP contribution in [-0.2, 0) is 6.54 Å². The number of methoxy groups -OCH3 is 2. The van der Waals surface area contributed by atoms with Crippen LogP contribution in [0.1, 0.15) is 22.6 Å². The van der Waals surface area contributed by atoms with Gasteiger partial charge in [-0.25, -0.2) is 0 Å². The third kappa shape index (κ3) is 3.63. The van der Waals surface area contributed by atoms with E-state index in [2.05, 4.69) is 63.7 Å². The van der Waals surface area contributed by atoms with E-state index in [1.165, 1.54) is 16.5 Å². The molecule has 144 valence electrons. The van der Waals surface area contributed by atoms with Crippen molar-refractivity contribution in [2.24, 2.45) is 0 Å². The molecule has 28 heavy (non-hydrogen) atoms. The number of quaternary nitrogens is 1. The molecule has 3 N–H and O–H groups in total. The molecule has 0 unspecified atom stereocenters. The lowest BCUT2D eigenvalue weighted by Gasteiger charge is -2.20. The second-order valence-corrected chi connectivity index (χ2v) is 7.57. The number of aromatic amines is 1. The molecule has 4 nitrogen and oxygen atoms in total. The molecule has 0 saturated heterocycles. The first kappa shape index (κ1) is 18.6. The Morgan fingerprint density at radius 3 is 2.68 bits per heavy atom. The molecular formula is C23H25N2O2S+. The summed E-state index contributed by atoms with van der Waals surface area (Å²) in [5, 5.41) is 7.96. The van der Waals surface area contributed by atoms with Gasteiger partial charge in [0.1, 0.15) is 6.54 Å². The highest BCUT2D eigenvalue weighted by atomic mass is 32.1. The molecule has 0 fully saturated rings. The monoisotopic (exact) mass is 393 g/mol. The zero-order chi connectivity index (χ0) is 19.3. The van der Waals surface area contributed by atoms with E-state index in [9.17, 15) is 0 Å². The summed E-state index contributed by atoms with van der Waals surface area (Å²) in [5.41, 5.74) is 4.94. The Labute approximate surface area is 169 Å². The van der Waals surface area contributed by atoms with Crippen LogP contribution in [0.2, 0.25) is 0 Å². The molecule has 2 aromatic carbocycles. The topological polar surface area (TPSA) is 50.9 Å². The number of para-hydroxylation sites is 2. The van der Waals surface area contributed by atoms with Gasteiger partial charge < -0.3 is 19.8 Å². The minimum atomic E-state index is 0.180. The predicted molar refractivity (Wildman–Crippen MR) is 115 cm³/mol. The molecule has 4 rings (SSSR count). The van der Waals surface area contributed by atoms with Gasteiger partial charge in [0.25, 0.3) is 0 Å². The predicted octanol–water partition coefficient (Wildman–Crippen LogP) is 4.14. The van der Waals surface area contributed by atoms with Crippen LogP contribution >= 0.6 is 11.3 Å². The normalized spacial score (nSPS) is 12.2. The second-order valence-electron chi connectivity index (χ2n) is 6.79. The molecule has 2 aromatic heterocycles. The summed E-state index contributed by atoms with van der Waals surface area (Å²) in [6, 6.07) is 16.8. The van der Waals surface area contributed by atoms with Crippen LogP contribution in [0, 0.1) is 0 Å². The molecule has 2 heterocycles. The van der Waals surface area contributed by atoms with Crippen molar-refractivity contribution in [1.29, 1.82) is 0 Å². The molecule has 0 amide bonds. The van der Waals surface area contributed by atoms with Crippen molar-refractivity contribution >= 4 is 22.2 Å². The average Bonchev–Trinajstić information content (AvgIpc) is 3.40. The quantitative estimate of drug-likeness (QED) is 0.473. The Bertz CT molecular complexity index is 1040. The highest BCUT2D eigenvalue weighted by Gasteiger charge is 2.25. The number of fused-ring (bicyclic) bond motifs is 1. The summed E-state index contributed by atoms with van der Waals surface area (Å²) in [4.78, 5) is 3.42. The van der Waals surface area contributed by atoms with Crippen LogP contribution in [0.15, 0.2) is 65.5 Å². The van der Waals surface area contributed by atoms with Crippen molar-refractivity contribution in [3.63, 3.8) is 0 Å². The molecule has 5 heteroatoms. The lowest BCUT2D eigenvalue weighted by Crippen LogP contribution is -2.83. The minimum absolute atomic E-state index is 0.180. The number of benzene rings is 2. The average molecular weight is 394 g/mol. The summed E-state index contributed by atoms with van der Waals surface area (Å²) in [6.45, 7) is 1.88. The van der Waals surface area contributed by atoms with Crippen LogP contribution in [0.25, 0.3) is 10.9 Å². The molecule has 0 spiro atoms. The fraction of sp³-hybridized carbons (Fsp3) is 0.217. The first-order valence-corrected chi connectivity index (χ1v) is 10.4. The van der Waals surface area contributed by atoms with Gasteiger partial charge in [-0.15, -0.1) is 0 Å². The van der Waals surface area contributed by atoms with Gasteiger partial charge in [0, 0.05) is 28.2 Å². The van der Waals surface area contributed by atoms with Gasteiger partial charge in [0.2, 0.25) is 0 Å². The molecule has 0 saturated carbocycles. The lowest BCUT2D eigenvalue weighted by molar-refractivity contribution is -0.671. The van der Waals surface area contributed by atoms with E-state index in [0.29, 0.717) is 0 Å². The third-order valence-electron chi connectivity index (χ3n) is 5.17. The molecule has 0 aliphatic heterocycles. The number of H-pyrrole nitrogens is 1. The smallest absolute Gasteiger partial charge is 0.164 e. The standard InChI is InChI=1S/C23H24N2O2S/c1-26-22-9-5-7-18(23(22)27-2)19(13-24-12-16-10-11-28-15-16)20-14-25-21-8-4-3-6-17(20)21/h3-11,14-15,19,24-25H,12-13H2,1-2H3/p+1/t19-/m1/s1. The number of thiophene rings is 1. The maximum atomic E-state index is 5.76. The van der Waals surface area contributed by atoms with Gasteiger partial charge in [0.05, 0.1) is 26.7 Å². The van der Waals surface area contributed by atoms with Gasteiger partial charge in [-0.1, -0.05) is 30.3 Å². The van der Waals surface area contributed by atoms with E-state index in [1.54, 1.807) is 25.6 Å². The Kier molecular flexibility index (Phi) is 5.65. The zero-order valence-electron chi connectivity index (χ0n) is 16.1. The highest BCUT2D eigenvalue weighted by molar-refractivity contribution is 7.07. The molecule has 0 radical (unpaired) electrons. The van der Waals surface area contributed by atoms with Crippen LogP contribution in [0.4, 0.5) is 0 Å². The third-order valence-corrected chi connectivity index (χ3v) is 5.90. The van der Waals surface area contributed by atoms with E-state index in [1.807, 2.05) is 12.1 Å². The molecule has 0 aliphatic carbocycles. The maximum Gasteiger partial charge on any atom is 0.164 e. The van der Waals surface area contributed by atoms with Crippen molar-refractivity contribution in [3.8, 4) is 11.5 Å². The number of aromatic nitrogens is 1. The lowest BCUT2D eigenvalue weighted by atomic mass is 9.89. The first-order chi connectivity index (χ1) is 13.8. The second kappa shape index (κ2) is 8.50.